The fourth-order valence-electron chi connectivity index (χ4n) is 3.96. The molecule has 1 saturated heterocycles. The summed E-state index contributed by atoms with van der Waals surface area (Å²) >= 11 is 0. The molecule has 0 radical (unpaired) electrons. The minimum atomic E-state index is -0.136. The predicted molar refractivity (Wildman–Crippen MR) is 119 cm³/mol. The van der Waals surface area contributed by atoms with Crippen molar-refractivity contribution in [1.82, 2.24) is 24.4 Å². The van der Waals surface area contributed by atoms with Gasteiger partial charge in [0, 0.05) is 18.3 Å². The van der Waals surface area contributed by atoms with E-state index in [1.807, 2.05) is 24.3 Å². The number of hydrogen-bond acceptors (Lipinski definition) is 6. The van der Waals surface area contributed by atoms with Crippen LogP contribution in [0.4, 0.5) is 0 Å². The molecule has 0 saturated carbocycles. The fraction of sp³-hybridized carbons (Fsp3) is 0.182. The van der Waals surface area contributed by atoms with Gasteiger partial charge in [-0.25, -0.2) is 9.78 Å². The van der Waals surface area contributed by atoms with Crippen LogP contribution in [0.25, 0.3) is 28.1 Å². The molecule has 2 N–H and O–H groups in total. The molecule has 1 unspecified atom stereocenters. The Morgan fingerprint density at radius 2 is 2.06 bits per heavy atom. The molecule has 0 bridgehead atoms. The van der Waals surface area contributed by atoms with Crippen LogP contribution < -0.4 is 11.0 Å². The summed E-state index contributed by atoms with van der Waals surface area (Å²) in [6, 6.07) is 14.1. The average Bonchev–Trinajstić information content (AvgIpc) is 3.39. The Hall–Kier alpha value is -3.67. The number of halogens is 1. The number of phenolic OH excluding ortho intramolecular Hbond substituents is 1. The Morgan fingerprint density at radius 1 is 1.19 bits per heavy atom. The molecule has 156 valence electrons. The van der Waals surface area contributed by atoms with E-state index in [4.69, 9.17) is 5.26 Å². The number of rotatable bonds is 3. The third-order valence-electron chi connectivity index (χ3n) is 5.45. The number of nitrogens with one attached hydrogen (secondary N) is 1. The van der Waals surface area contributed by atoms with Crippen LogP contribution in [0.2, 0.25) is 0 Å². The van der Waals surface area contributed by atoms with E-state index in [9.17, 15) is 9.90 Å². The van der Waals surface area contributed by atoms with Crippen LogP contribution in [0.5, 0.6) is 5.75 Å². The van der Waals surface area contributed by atoms with Crippen molar-refractivity contribution < 1.29 is 5.11 Å². The summed E-state index contributed by atoms with van der Waals surface area (Å²) in [6.07, 6.45) is 4.22. The second-order valence-electron chi connectivity index (χ2n) is 7.23. The van der Waals surface area contributed by atoms with E-state index >= 15 is 0 Å². The SMILES string of the molecule is Cl.N#Cc1cc(-c2ccc(-n3c(=O)n(C4CCNC4)c4ncccc43)cn2)ccc1O. The lowest BCUT2D eigenvalue weighted by atomic mass is 10.1. The largest absolute Gasteiger partial charge is 0.507 e. The van der Waals surface area contributed by atoms with Gasteiger partial charge in [-0.15, -0.1) is 12.4 Å². The maximum Gasteiger partial charge on any atom is 0.335 e. The van der Waals surface area contributed by atoms with Gasteiger partial charge in [-0.3, -0.25) is 14.1 Å². The van der Waals surface area contributed by atoms with Crippen molar-refractivity contribution in [2.45, 2.75) is 12.5 Å². The van der Waals surface area contributed by atoms with Crippen LogP contribution in [0, 0.1) is 11.3 Å². The molecule has 1 aromatic carbocycles. The van der Waals surface area contributed by atoms with Crippen molar-refractivity contribution in [3.05, 3.63) is 70.9 Å². The summed E-state index contributed by atoms with van der Waals surface area (Å²) in [4.78, 5) is 22.3. The average molecular weight is 435 g/mol. The molecule has 4 heterocycles. The topological polar surface area (TPSA) is 109 Å². The third kappa shape index (κ3) is 3.44. The highest BCUT2D eigenvalue weighted by atomic mass is 35.5. The highest BCUT2D eigenvalue weighted by molar-refractivity contribution is 5.85. The minimum absolute atomic E-state index is 0. The molecule has 0 amide bonds. The van der Waals surface area contributed by atoms with Gasteiger partial charge >= 0.3 is 5.69 Å². The zero-order valence-electron chi connectivity index (χ0n) is 16.4. The van der Waals surface area contributed by atoms with Gasteiger partial charge in [-0.05, 0) is 55.4 Å². The number of aromatic nitrogens is 4. The third-order valence-corrected chi connectivity index (χ3v) is 5.45. The molecule has 1 aliphatic rings. The molecule has 3 aromatic heterocycles. The predicted octanol–water partition coefficient (Wildman–Crippen LogP) is 2.78. The van der Waals surface area contributed by atoms with E-state index in [-0.39, 0.29) is 35.5 Å². The van der Waals surface area contributed by atoms with Crippen molar-refractivity contribution >= 4 is 23.6 Å². The monoisotopic (exact) mass is 434 g/mol. The molecule has 0 aliphatic carbocycles. The first-order chi connectivity index (χ1) is 14.7. The van der Waals surface area contributed by atoms with Crippen molar-refractivity contribution in [1.29, 1.82) is 5.26 Å². The molecule has 1 atom stereocenters. The van der Waals surface area contributed by atoms with Crippen LogP contribution in [-0.2, 0) is 0 Å². The molecule has 5 rings (SSSR count). The van der Waals surface area contributed by atoms with Gasteiger partial charge in [0.25, 0.3) is 0 Å². The lowest BCUT2D eigenvalue weighted by Gasteiger charge is -2.09. The van der Waals surface area contributed by atoms with Crippen molar-refractivity contribution in [3.8, 4) is 28.8 Å². The first kappa shape index (κ1) is 20.6. The summed E-state index contributed by atoms with van der Waals surface area (Å²) < 4.78 is 3.40. The number of aromatic hydroxyl groups is 1. The Morgan fingerprint density at radius 3 is 2.77 bits per heavy atom. The second-order valence-corrected chi connectivity index (χ2v) is 7.23. The van der Waals surface area contributed by atoms with E-state index in [2.05, 4.69) is 15.3 Å². The van der Waals surface area contributed by atoms with Crippen LogP contribution in [0.3, 0.4) is 0 Å². The Bertz CT molecular complexity index is 1350. The fourth-order valence-corrected chi connectivity index (χ4v) is 3.96. The highest BCUT2D eigenvalue weighted by Gasteiger charge is 2.24. The first-order valence-corrected chi connectivity index (χ1v) is 9.66. The van der Waals surface area contributed by atoms with E-state index in [1.165, 1.54) is 6.07 Å². The van der Waals surface area contributed by atoms with Crippen LogP contribution in [0.1, 0.15) is 18.0 Å². The van der Waals surface area contributed by atoms with Gasteiger partial charge in [0.1, 0.15) is 11.8 Å². The van der Waals surface area contributed by atoms with Crippen molar-refractivity contribution in [2.75, 3.05) is 13.1 Å². The van der Waals surface area contributed by atoms with E-state index in [1.54, 1.807) is 39.7 Å². The lowest BCUT2D eigenvalue weighted by molar-refractivity contribution is 0.473. The van der Waals surface area contributed by atoms with Crippen LogP contribution >= 0.6 is 12.4 Å². The zero-order chi connectivity index (χ0) is 20.7. The number of nitrogens with zero attached hydrogens (tertiary/aromatic N) is 5. The van der Waals surface area contributed by atoms with Gasteiger partial charge in [0.05, 0.1) is 34.7 Å². The first-order valence-electron chi connectivity index (χ1n) is 9.66. The van der Waals surface area contributed by atoms with Crippen LogP contribution in [-0.4, -0.2) is 37.3 Å². The molecular formula is C22H19ClN6O2. The molecule has 1 fully saturated rings. The van der Waals surface area contributed by atoms with E-state index < -0.39 is 0 Å². The Balaban J connectivity index is 0.00000231. The number of nitriles is 1. The summed E-state index contributed by atoms with van der Waals surface area (Å²) in [5.41, 5.74) is 3.45. The maximum absolute atomic E-state index is 13.3. The normalized spacial score (nSPS) is 15.5. The number of hydrogen-bond donors (Lipinski definition) is 2. The lowest BCUT2D eigenvalue weighted by Crippen LogP contribution is -2.28. The molecule has 1 aliphatic heterocycles. The zero-order valence-corrected chi connectivity index (χ0v) is 17.2. The van der Waals surface area contributed by atoms with E-state index in [0.29, 0.717) is 22.6 Å². The molecule has 8 nitrogen and oxygen atoms in total. The molecule has 0 spiro atoms. The minimum Gasteiger partial charge on any atom is -0.507 e. The van der Waals surface area contributed by atoms with Crippen molar-refractivity contribution in [2.24, 2.45) is 0 Å². The van der Waals surface area contributed by atoms with Gasteiger partial charge in [-0.2, -0.15) is 5.26 Å². The smallest absolute Gasteiger partial charge is 0.335 e. The Kier molecular flexibility index (Phi) is 5.46. The Labute approximate surface area is 183 Å². The van der Waals surface area contributed by atoms with Crippen LogP contribution in [0.15, 0.2) is 59.7 Å². The molecule has 31 heavy (non-hydrogen) atoms. The summed E-state index contributed by atoms with van der Waals surface area (Å²) in [7, 11) is 0. The molecule has 4 aromatic rings. The molecule has 9 heteroatoms. The molecular weight excluding hydrogens is 416 g/mol. The summed E-state index contributed by atoms with van der Waals surface area (Å²) in [5, 5.41) is 22.1. The maximum atomic E-state index is 13.3. The number of phenols is 1. The van der Waals surface area contributed by atoms with Gasteiger partial charge in [-0.1, -0.05) is 0 Å². The number of imidazole rings is 1. The van der Waals surface area contributed by atoms with Gasteiger partial charge in [0.15, 0.2) is 5.65 Å². The van der Waals surface area contributed by atoms with Gasteiger partial charge < -0.3 is 10.4 Å². The highest BCUT2D eigenvalue weighted by Crippen LogP contribution is 2.26. The number of pyridine rings is 2. The van der Waals surface area contributed by atoms with Crippen molar-refractivity contribution in [3.63, 3.8) is 0 Å². The van der Waals surface area contributed by atoms with Gasteiger partial charge in [0.2, 0.25) is 0 Å². The van der Waals surface area contributed by atoms with E-state index in [0.717, 1.165) is 25.0 Å². The standard InChI is InChI=1S/C22H18N6O2.ClH/c23-11-15-10-14(3-6-20(15)29)18-5-4-16(13-26-18)27-19-2-1-8-25-21(19)28(22(27)30)17-7-9-24-12-17;/h1-6,8,10,13,17,24,29H,7,9,12H2;1H. The second kappa shape index (κ2) is 8.22. The quantitative estimate of drug-likeness (QED) is 0.513. The summed E-state index contributed by atoms with van der Waals surface area (Å²) in [6.45, 7) is 1.62. The number of benzene rings is 1. The summed E-state index contributed by atoms with van der Waals surface area (Å²) in [5.74, 6) is -0.0638. The number of fused-ring (bicyclic) bond motifs is 1.